The molecule has 2 N–H and O–H groups in total. The SMILES string of the molecule is CCOC1CCCN(C(=O)NC(=O)C=CC(=O)O)C1. The van der Waals surface area contributed by atoms with Crippen LogP contribution in [0.2, 0.25) is 0 Å². The first-order valence-electron chi connectivity index (χ1n) is 6.15. The number of hydrogen-bond donors (Lipinski definition) is 2. The maximum Gasteiger partial charge on any atom is 0.328 e. The van der Waals surface area contributed by atoms with E-state index in [0.717, 1.165) is 18.9 Å². The second-order valence-electron chi connectivity index (χ2n) is 4.13. The summed E-state index contributed by atoms with van der Waals surface area (Å²) in [7, 11) is 0. The Labute approximate surface area is 111 Å². The molecule has 0 saturated carbocycles. The number of carbonyl (C=O) groups excluding carboxylic acids is 2. The van der Waals surface area contributed by atoms with Gasteiger partial charge in [-0.1, -0.05) is 0 Å². The van der Waals surface area contributed by atoms with Gasteiger partial charge in [0.25, 0.3) is 5.91 Å². The standard InChI is InChI=1S/C12H18N2O5/c1-2-19-9-4-3-7-14(8-9)12(18)13-10(15)5-6-11(16)17/h5-6,9H,2-4,7-8H2,1H3,(H,16,17)(H,13,15,18). The van der Waals surface area contributed by atoms with E-state index in [1.807, 2.05) is 6.92 Å². The number of carbonyl (C=O) groups is 3. The summed E-state index contributed by atoms with van der Waals surface area (Å²) in [4.78, 5) is 34.8. The summed E-state index contributed by atoms with van der Waals surface area (Å²) >= 11 is 0. The van der Waals surface area contributed by atoms with Gasteiger partial charge in [-0.2, -0.15) is 0 Å². The van der Waals surface area contributed by atoms with Gasteiger partial charge in [-0.25, -0.2) is 9.59 Å². The van der Waals surface area contributed by atoms with Crippen molar-refractivity contribution in [2.75, 3.05) is 19.7 Å². The molecule has 19 heavy (non-hydrogen) atoms. The molecule has 1 aliphatic heterocycles. The predicted molar refractivity (Wildman–Crippen MR) is 66.5 cm³/mol. The van der Waals surface area contributed by atoms with Crippen molar-refractivity contribution in [2.24, 2.45) is 0 Å². The van der Waals surface area contributed by atoms with Crippen LogP contribution >= 0.6 is 0 Å². The average molecular weight is 270 g/mol. The van der Waals surface area contributed by atoms with Gasteiger partial charge >= 0.3 is 12.0 Å². The fraction of sp³-hybridized carbons (Fsp3) is 0.583. The van der Waals surface area contributed by atoms with Crippen molar-refractivity contribution in [1.29, 1.82) is 0 Å². The zero-order chi connectivity index (χ0) is 14.3. The topological polar surface area (TPSA) is 95.9 Å². The van der Waals surface area contributed by atoms with E-state index in [1.54, 1.807) is 0 Å². The highest BCUT2D eigenvalue weighted by Crippen LogP contribution is 2.13. The molecule has 0 aromatic rings. The highest BCUT2D eigenvalue weighted by molar-refractivity contribution is 6.02. The van der Waals surface area contributed by atoms with Gasteiger partial charge in [0.15, 0.2) is 0 Å². The fourth-order valence-corrected chi connectivity index (χ4v) is 1.87. The van der Waals surface area contributed by atoms with E-state index in [4.69, 9.17) is 9.84 Å². The Morgan fingerprint density at radius 2 is 2.16 bits per heavy atom. The number of likely N-dealkylation sites (tertiary alicyclic amines) is 1. The number of aliphatic carboxylic acids is 1. The van der Waals surface area contributed by atoms with Crippen LogP contribution in [0.15, 0.2) is 12.2 Å². The molecule has 1 heterocycles. The summed E-state index contributed by atoms with van der Waals surface area (Å²) < 4.78 is 5.45. The minimum absolute atomic E-state index is 0.00540. The number of imide groups is 1. The van der Waals surface area contributed by atoms with E-state index in [-0.39, 0.29) is 6.10 Å². The van der Waals surface area contributed by atoms with Gasteiger partial charge in [0.1, 0.15) is 0 Å². The molecule has 0 aromatic carbocycles. The number of nitrogens with zero attached hydrogens (tertiary/aromatic N) is 1. The highest BCUT2D eigenvalue weighted by atomic mass is 16.5. The van der Waals surface area contributed by atoms with Gasteiger partial charge in [-0.05, 0) is 19.8 Å². The Kier molecular flexibility index (Phi) is 6.01. The number of carboxylic acids is 1. The van der Waals surface area contributed by atoms with Crippen LogP contribution in [0.4, 0.5) is 4.79 Å². The van der Waals surface area contributed by atoms with Gasteiger partial charge in [0.05, 0.1) is 6.10 Å². The van der Waals surface area contributed by atoms with Crippen molar-refractivity contribution in [2.45, 2.75) is 25.9 Å². The van der Waals surface area contributed by atoms with E-state index >= 15 is 0 Å². The van der Waals surface area contributed by atoms with Crippen LogP contribution < -0.4 is 5.32 Å². The lowest BCUT2D eigenvalue weighted by Gasteiger charge is -2.32. The number of ether oxygens (including phenoxy) is 1. The summed E-state index contributed by atoms with van der Waals surface area (Å²) in [5.41, 5.74) is 0. The summed E-state index contributed by atoms with van der Waals surface area (Å²) in [5.74, 6) is -1.98. The zero-order valence-electron chi connectivity index (χ0n) is 10.8. The maximum atomic E-state index is 11.8. The molecule has 0 spiro atoms. The number of rotatable bonds is 4. The van der Waals surface area contributed by atoms with Gasteiger partial charge in [0, 0.05) is 31.8 Å². The summed E-state index contributed by atoms with van der Waals surface area (Å²) in [5, 5.41) is 10.5. The fourth-order valence-electron chi connectivity index (χ4n) is 1.87. The molecule has 0 aliphatic carbocycles. The molecule has 106 valence electrons. The van der Waals surface area contributed by atoms with E-state index in [9.17, 15) is 14.4 Å². The first-order chi connectivity index (χ1) is 9.02. The Morgan fingerprint density at radius 3 is 2.79 bits per heavy atom. The number of carboxylic acid groups (broad SMARTS) is 1. The number of hydrogen-bond acceptors (Lipinski definition) is 4. The Morgan fingerprint density at radius 1 is 1.42 bits per heavy atom. The molecule has 1 fully saturated rings. The third-order valence-corrected chi connectivity index (χ3v) is 2.68. The summed E-state index contributed by atoms with van der Waals surface area (Å²) in [6, 6.07) is -0.524. The molecule has 3 amide bonds. The largest absolute Gasteiger partial charge is 0.478 e. The molecule has 7 nitrogen and oxygen atoms in total. The van der Waals surface area contributed by atoms with Crippen LogP contribution in [0.5, 0.6) is 0 Å². The van der Waals surface area contributed by atoms with E-state index in [2.05, 4.69) is 5.32 Å². The molecule has 1 aliphatic rings. The Bertz CT molecular complexity index is 378. The van der Waals surface area contributed by atoms with Gasteiger partial charge in [-0.15, -0.1) is 0 Å². The monoisotopic (exact) mass is 270 g/mol. The quantitative estimate of drug-likeness (QED) is 0.719. The van der Waals surface area contributed by atoms with Crippen molar-refractivity contribution in [3.8, 4) is 0 Å². The smallest absolute Gasteiger partial charge is 0.328 e. The van der Waals surface area contributed by atoms with Gasteiger partial charge in [0.2, 0.25) is 0 Å². The van der Waals surface area contributed by atoms with Crippen molar-refractivity contribution < 1.29 is 24.2 Å². The lowest BCUT2D eigenvalue weighted by Crippen LogP contribution is -2.49. The maximum absolute atomic E-state index is 11.8. The second kappa shape index (κ2) is 7.52. The van der Waals surface area contributed by atoms with Crippen molar-refractivity contribution in [3.05, 3.63) is 12.2 Å². The molecule has 0 aromatic heterocycles. The van der Waals surface area contributed by atoms with Crippen molar-refractivity contribution in [3.63, 3.8) is 0 Å². The van der Waals surface area contributed by atoms with Crippen LogP contribution in [0, 0.1) is 0 Å². The molecule has 0 bridgehead atoms. The summed E-state index contributed by atoms with van der Waals surface area (Å²) in [6.45, 7) is 3.47. The first kappa shape index (κ1) is 15.2. The van der Waals surface area contributed by atoms with Crippen LogP contribution in [-0.2, 0) is 14.3 Å². The van der Waals surface area contributed by atoms with Crippen LogP contribution in [0.3, 0.4) is 0 Å². The van der Waals surface area contributed by atoms with E-state index in [1.165, 1.54) is 4.90 Å². The highest BCUT2D eigenvalue weighted by Gasteiger charge is 2.24. The number of piperidine rings is 1. The zero-order valence-corrected chi connectivity index (χ0v) is 10.8. The van der Waals surface area contributed by atoms with Crippen LogP contribution in [0.25, 0.3) is 0 Å². The number of nitrogens with one attached hydrogen (secondary N) is 1. The van der Waals surface area contributed by atoms with Crippen molar-refractivity contribution in [1.82, 2.24) is 10.2 Å². The number of urea groups is 1. The number of amides is 3. The molecule has 1 atom stereocenters. The summed E-state index contributed by atoms with van der Waals surface area (Å²) in [6.07, 6.45) is 3.20. The predicted octanol–water partition coefficient (Wildman–Crippen LogP) is 0.364. The lowest BCUT2D eigenvalue weighted by molar-refractivity contribution is -0.131. The lowest BCUT2D eigenvalue weighted by atomic mass is 10.1. The minimum atomic E-state index is -1.24. The molecule has 1 saturated heterocycles. The normalized spacial score (nSPS) is 19.4. The molecule has 1 rings (SSSR count). The second-order valence-corrected chi connectivity index (χ2v) is 4.13. The van der Waals surface area contributed by atoms with Crippen molar-refractivity contribution >= 4 is 17.9 Å². The third-order valence-electron chi connectivity index (χ3n) is 2.68. The Hall–Kier alpha value is -1.89. The molecular formula is C12H18N2O5. The minimum Gasteiger partial charge on any atom is -0.478 e. The van der Waals surface area contributed by atoms with E-state index in [0.29, 0.717) is 25.8 Å². The molecular weight excluding hydrogens is 252 g/mol. The molecule has 0 radical (unpaired) electrons. The Balaban J connectivity index is 2.44. The van der Waals surface area contributed by atoms with Gasteiger partial charge < -0.3 is 14.7 Å². The van der Waals surface area contributed by atoms with Gasteiger partial charge in [-0.3, -0.25) is 10.1 Å². The average Bonchev–Trinajstić information content (AvgIpc) is 2.37. The van der Waals surface area contributed by atoms with Crippen LogP contribution in [0.1, 0.15) is 19.8 Å². The van der Waals surface area contributed by atoms with E-state index < -0.39 is 17.9 Å². The third kappa shape index (κ3) is 5.52. The molecule has 1 unspecified atom stereocenters. The van der Waals surface area contributed by atoms with Crippen LogP contribution in [-0.4, -0.2) is 53.7 Å². The first-order valence-corrected chi connectivity index (χ1v) is 6.15. The molecule has 7 heteroatoms.